The molecule has 24 heavy (non-hydrogen) atoms. The summed E-state index contributed by atoms with van der Waals surface area (Å²) in [6.45, 7) is 5.70. The van der Waals surface area contributed by atoms with Crippen LogP contribution in [0.3, 0.4) is 0 Å². The minimum atomic E-state index is 0.285. The third-order valence-corrected chi connectivity index (χ3v) is 5.41. The van der Waals surface area contributed by atoms with Gasteiger partial charge in [0.1, 0.15) is 0 Å². The number of ether oxygens (including phenoxy) is 1. The van der Waals surface area contributed by atoms with Crippen molar-refractivity contribution >= 4 is 28.3 Å². The van der Waals surface area contributed by atoms with Crippen molar-refractivity contribution in [1.82, 2.24) is 14.9 Å². The van der Waals surface area contributed by atoms with Crippen LogP contribution in [0, 0.1) is 0 Å². The van der Waals surface area contributed by atoms with Gasteiger partial charge in [0, 0.05) is 24.5 Å². The van der Waals surface area contributed by atoms with E-state index in [0.717, 1.165) is 43.2 Å². The monoisotopic (exact) mass is 342 g/mol. The highest BCUT2D eigenvalue weighted by molar-refractivity contribution is 7.10. The summed E-state index contributed by atoms with van der Waals surface area (Å²) in [5.74, 6) is 0.832. The molecule has 0 saturated carbocycles. The van der Waals surface area contributed by atoms with Crippen molar-refractivity contribution in [3.05, 3.63) is 46.7 Å². The lowest BCUT2D eigenvalue weighted by molar-refractivity contribution is -0.0322. The van der Waals surface area contributed by atoms with Crippen LogP contribution in [0.1, 0.15) is 17.8 Å². The minimum absolute atomic E-state index is 0.285. The molecule has 2 aromatic heterocycles. The summed E-state index contributed by atoms with van der Waals surface area (Å²) < 4.78 is 5.70. The second-order valence-corrected chi connectivity index (χ2v) is 7.17. The fourth-order valence-corrected chi connectivity index (χ4v) is 4.11. The number of anilines is 1. The zero-order valence-electron chi connectivity index (χ0n) is 13.7. The Morgan fingerprint density at radius 1 is 1.38 bits per heavy atom. The molecular formula is C18H22N4OS. The van der Waals surface area contributed by atoms with Gasteiger partial charge in [-0.2, -0.15) is 0 Å². The van der Waals surface area contributed by atoms with Gasteiger partial charge in [-0.05, 0) is 30.5 Å². The SMILES string of the molecule is CC1CN(C(CNc2nc3ccccc3[nH]2)c2cccs2)CCO1. The molecule has 2 atom stereocenters. The number of rotatable bonds is 5. The topological polar surface area (TPSA) is 53.2 Å². The van der Waals surface area contributed by atoms with Crippen LogP contribution < -0.4 is 5.32 Å². The van der Waals surface area contributed by atoms with Crippen molar-refractivity contribution in [2.45, 2.75) is 19.1 Å². The molecule has 0 bridgehead atoms. The van der Waals surface area contributed by atoms with E-state index in [-0.39, 0.29) is 6.10 Å². The molecular weight excluding hydrogens is 320 g/mol. The number of H-pyrrole nitrogens is 1. The van der Waals surface area contributed by atoms with Gasteiger partial charge in [0.2, 0.25) is 5.95 Å². The maximum atomic E-state index is 5.70. The second-order valence-electron chi connectivity index (χ2n) is 6.19. The molecule has 1 aliphatic rings. The molecule has 0 aliphatic carbocycles. The van der Waals surface area contributed by atoms with E-state index in [9.17, 15) is 0 Å². The van der Waals surface area contributed by atoms with Gasteiger partial charge < -0.3 is 15.0 Å². The van der Waals surface area contributed by atoms with Crippen molar-refractivity contribution in [3.63, 3.8) is 0 Å². The fourth-order valence-electron chi connectivity index (χ4n) is 3.25. The summed E-state index contributed by atoms with van der Waals surface area (Å²) in [4.78, 5) is 11.9. The molecule has 0 spiro atoms. The van der Waals surface area contributed by atoms with Gasteiger partial charge in [0.15, 0.2) is 0 Å². The molecule has 1 fully saturated rings. The second kappa shape index (κ2) is 6.93. The number of nitrogens with one attached hydrogen (secondary N) is 2. The maximum Gasteiger partial charge on any atom is 0.201 e. The number of fused-ring (bicyclic) bond motifs is 1. The van der Waals surface area contributed by atoms with Crippen LogP contribution >= 0.6 is 11.3 Å². The molecule has 3 aromatic rings. The number of hydrogen-bond acceptors (Lipinski definition) is 5. The normalized spacial score (nSPS) is 20.3. The molecule has 126 valence electrons. The lowest BCUT2D eigenvalue weighted by atomic mass is 10.1. The third kappa shape index (κ3) is 3.31. The predicted octanol–water partition coefficient (Wildman–Crippen LogP) is 3.50. The highest BCUT2D eigenvalue weighted by Crippen LogP contribution is 2.27. The average molecular weight is 342 g/mol. The van der Waals surface area contributed by atoms with E-state index >= 15 is 0 Å². The molecule has 1 aromatic carbocycles. The van der Waals surface area contributed by atoms with Crippen LogP contribution in [0.15, 0.2) is 41.8 Å². The molecule has 4 rings (SSSR count). The molecule has 5 nitrogen and oxygen atoms in total. The first-order valence-corrected chi connectivity index (χ1v) is 9.25. The largest absolute Gasteiger partial charge is 0.376 e. The van der Waals surface area contributed by atoms with Gasteiger partial charge in [0.25, 0.3) is 0 Å². The zero-order valence-corrected chi connectivity index (χ0v) is 14.6. The van der Waals surface area contributed by atoms with E-state index in [4.69, 9.17) is 4.74 Å². The van der Waals surface area contributed by atoms with Gasteiger partial charge in [-0.25, -0.2) is 4.98 Å². The highest BCUT2D eigenvalue weighted by Gasteiger charge is 2.26. The standard InChI is InChI=1S/C18H22N4OS/c1-13-12-22(8-9-23-13)16(17-7-4-10-24-17)11-19-18-20-14-5-2-3-6-15(14)21-18/h2-7,10,13,16H,8-9,11-12H2,1H3,(H2,19,20,21). The van der Waals surface area contributed by atoms with Gasteiger partial charge >= 0.3 is 0 Å². The van der Waals surface area contributed by atoms with Crippen molar-refractivity contribution in [2.24, 2.45) is 0 Å². The number of thiophene rings is 1. The van der Waals surface area contributed by atoms with Crippen molar-refractivity contribution in [2.75, 3.05) is 31.6 Å². The Balaban J connectivity index is 1.51. The maximum absolute atomic E-state index is 5.70. The number of para-hydroxylation sites is 2. The first kappa shape index (κ1) is 15.6. The molecule has 0 amide bonds. The van der Waals surface area contributed by atoms with E-state index in [1.54, 1.807) is 0 Å². The lowest BCUT2D eigenvalue weighted by Gasteiger charge is -2.37. The minimum Gasteiger partial charge on any atom is -0.376 e. The summed E-state index contributed by atoms with van der Waals surface area (Å²) in [7, 11) is 0. The summed E-state index contributed by atoms with van der Waals surface area (Å²) in [5.41, 5.74) is 2.06. The molecule has 2 unspecified atom stereocenters. The fraction of sp³-hybridized carbons (Fsp3) is 0.389. The van der Waals surface area contributed by atoms with Crippen LogP contribution in [0.5, 0.6) is 0 Å². The highest BCUT2D eigenvalue weighted by atomic mass is 32.1. The molecule has 1 aliphatic heterocycles. The molecule has 1 saturated heterocycles. The smallest absolute Gasteiger partial charge is 0.201 e. The van der Waals surface area contributed by atoms with Crippen molar-refractivity contribution in [1.29, 1.82) is 0 Å². The summed E-state index contributed by atoms with van der Waals surface area (Å²) in [5, 5.41) is 5.64. The number of benzene rings is 1. The van der Waals surface area contributed by atoms with Gasteiger partial charge in [-0.15, -0.1) is 11.3 Å². The van der Waals surface area contributed by atoms with Crippen LogP contribution in [-0.4, -0.2) is 47.2 Å². The van der Waals surface area contributed by atoms with Crippen LogP contribution in [-0.2, 0) is 4.74 Å². The Morgan fingerprint density at radius 2 is 2.29 bits per heavy atom. The number of imidazole rings is 1. The number of nitrogens with zero attached hydrogens (tertiary/aromatic N) is 2. The molecule has 3 heterocycles. The van der Waals surface area contributed by atoms with Gasteiger partial charge in [0.05, 0.1) is 29.8 Å². The zero-order chi connectivity index (χ0) is 16.4. The van der Waals surface area contributed by atoms with Gasteiger partial charge in [-0.1, -0.05) is 18.2 Å². The Bertz CT molecular complexity index is 752. The van der Waals surface area contributed by atoms with E-state index in [1.165, 1.54) is 4.88 Å². The van der Waals surface area contributed by atoms with E-state index in [2.05, 4.69) is 44.6 Å². The average Bonchev–Trinajstić information content (AvgIpc) is 3.24. The lowest BCUT2D eigenvalue weighted by Crippen LogP contribution is -2.44. The van der Waals surface area contributed by atoms with Crippen LogP contribution in [0.2, 0.25) is 0 Å². The Labute approximate surface area is 145 Å². The first-order chi connectivity index (χ1) is 11.8. The molecule has 6 heteroatoms. The van der Waals surface area contributed by atoms with Gasteiger partial charge in [-0.3, -0.25) is 4.90 Å². The molecule has 2 N–H and O–H groups in total. The summed E-state index contributed by atoms with van der Waals surface area (Å²) in [6, 6.07) is 12.8. The van der Waals surface area contributed by atoms with Crippen molar-refractivity contribution in [3.8, 4) is 0 Å². The number of hydrogen-bond donors (Lipinski definition) is 2. The van der Waals surface area contributed by atoms with E-state index in [1.807, 2.05) is 35.6 Å². The van der Waals surface area contributed by atoms with Crippen LogP contribution in [0.25, 0.3) is 11.0 Å². The number of morpholine rings is 1. The number of aromatic nitrogens is 2. The first-order valence-electron chi connectivity index (χ1n) is 8.37. The van der Waals surface area contributed by atoms with E-state index < -0.39 is 0 Å². The van der Waals surface area contributed by atoms with Crippen LogP contribution in [0.4, 0.5) is 5.95 Å². The third-order valence-electron chi connectivity index (χ3n) is 4.44. The predicted molar refractivity (Wildman–Crippen MR) is 98.6 cm³/mol. The number of aromatic amines is 1. The quantitative estimate of drug-likeness (QED) is 0.745. The molecule has 0 radical (unpaired) electrons. The van der Waals surface area contributed by atoms with Crippen molar-refractivity contribution < 1.29 is 4.74 Å². The Kier molecular flexibility index (Phi) is 4.51. The Hall–Kier alpha value is -1.89. The Morgan fingerprint density at radius 3 is 3.08 bits per heavy atom. The summed E-state index contributed by atoms with van der Waals surface area (Å²) >= 11 is 1.81. The summed E-state index contributed by atoms with van der Waals surface area (Å²) in [6.07, 6.45) is 0.285. The van der Waals surface area contributed by atoms with E-state index in [0.29, 0.717) is 6.04 Å².